The minimum absolute atomic E-state index is 0.331. The van der Waals surface area contributed by atoms with Crippen LogP contribution in [0.25, 0.3) is 0 Å². The molecule has 0 amide bonds. The van der Waals surface area contributed by atoms with E-state index in [0.717, 1.165) is 0 Å². The molecule has 0 atom stereocenters. The molecule has 2 aliphatic rings. The van der Waals surface area contributed by atoms with Gasteiger partial charge in [0.05, 0.1) is 21.2 Å². The van der Waals surface area contributed by atoms with Gasteiger partial charge in [-0.25, -0.2) is 4.21 Å². The van der Waals surface area contributed by atoms with E-state index in [1.807, 2.05) is 0 Å². The Bertz CT molecular complexity index is 415. The van der Waals surface area contributed by atoms with E-state index in [9.17, 15) is 4.21 Å². The minimum Gasteiger partial charge on any atom is -0.212 e. The summed E-state index contributed by atoms with van der Waals surface area (Å²) in [5.41, 5.74) is 1.09. The SMILES string of the molecule is O=S=C1C=CC2=NN=NC2=C1Cl. The molecule has 0 saturated heterocycles. The summed E-state index contributed by atoms with van der Waals surface area (Å²) in [6, 6.07) is 0. The van der Waals surface area contributed by atoms with Crippen LogP contribution in [-0.2, 0) is 11.3 Å². The first-order valence-corrected chi connectivity index (χ1v) is 4.19. The van der Waals surface area contributed by atoms with Crippen LogP contribution < -0.4 is 0 Å². The van der Waals surface area contributed by atoms with Gasteiger partial charge in [0.2, 0.25) is 0 Å². The molecule has 0 spiro atoms. The van der Waals surface area contributed by atoms with Crippen LogP contribution in [0.15, 0.2) is 38.3 Å². The topological polar surface area (TPSA) is 54.1 Å². The van der Waals surface area contributed by atoms with Crippen LogP contribution in [0, 0.1) is 0 Å². The third-order valence-electron chi connectivity index (χ3n) is 1.45. The Morgan fingerprint density at radius 1 is 1.42 bits per heavy atom. The van der Waals surface area contributed by atoms with Gasteiger partial charge in [-0.05, 0) is 17.4 Å². The largest absolute Gasteiger partial charge is 0.212 e. The highest BCUT2D eigenvalue weighted by atomic mass is 35.5. The maximum atomic E-state index is 10.5. The van der Waals surface area contributed by atoms with Crippen LogP contribution in [0.5, 0.6) is 0 Å². The Labute approximate surface area is 76.4 Å². The molecule has 0 aromatic carbocycles. The fraction of sp³-hybridized carbons (Fsp3) is 0. The summed E-state index contributed by atoms with van der Waals surface area (Å²) in [4.78, 5) is 0.450. The van der Waals surface area contributed by atoms with Gasteiger partial charge in [-0.1, -0.05) is 11.6 Å². The fourth-order valence-corrected chi connectivity index (χ4v) is 1.48. The highest BCUT2D eigenvalue weighted by Crippen LogP contribution is 2.23. The molecule has 60 valence electrons. The molecular weight excluding hydrogens is 198 g/mol. The molecule has 0 aromatic heterocycles. The molecule has 1 heterocycles. The Hall–Kier alpha value is -1.07. The van der Waals surface area contributed by atoms with Crippen LogP contribution >= 0.6 is 11.6 Å². The van der Waals surface area contributed by atoms with E-state index < -0.39 is 0 Å². The molecule has 12 heavy (non-hydrogen) atoms. The summed E-state index contributed by atoms with van der Waals surface area (Å²) >= 11 is 6.16. The minimum atomic E-state index is 0.331. The molecule has 0 aromatic rings. The quantitative estimate of drug-likeness (QED) is 0.541. The normalized spacial score (nSPS) is 19.8. The van der Waals surface area contributed by atoms with Gasteiger partial charge in [0.1, 0.15) is 11.4 Å². The predicted molar refractivity (Wildman–Crippen MR) is 47.5 cm³/mol. The van der Waals surface area contributed by atoms with Crippen LogP contribution in [-0.4, -0.2) is 14.8 Å². The van der Waals surface area contributed by atoms with Gasteiger partial charge in [0.25, 0.3) is 0 Å². The van der Waals surface area contributed by atoms with Crippen LogP contribution in [0.4, 0.5) is 0 Å². The number of nitrogens with zero attached hydrogens (tertiary/aromatic N) is 3. The third kappa shape index (κ3) is 0.981. The highest BCUT2D eigenvalue weighted by molar-refractivity contribution is 7.67. The summed E-state index contributed by atoms with van der Waals surface area (Å²) < 4.78 is 10.5. The number of hydrogen-bond donors (Lipinski definition) is 0. The zero-order valence-electron chi connectivity index (χ0n) is 5.69. The summed E-state index contributed by atoms with van der Waals surface area (Å²) in [5.74, 6) is 0. The predicted octanol–water partition coefficient (Wildman–Crippen LogP) is 1.21. The molecule has 0 bridgehead atoms. The summed E-state index contributed by atoms with van der Waals surface area (Å²) in [7, 11) is 0. The van der Waals surface area contributed by atoms with Crippen molar-refractivity contribution in [3.05, 3.63) is 22.9 Å². The lowest BCUT2D eigenvalue weighted by molar-refractivity contribution is 0.701. The maximum Gasteiger partial charge on any atom is 0.135 e. The Morgan fingerprint density at radius 2 is 2.25 bits per heavy atom. The number of hydrogen-bond acceptors (Lipinski definition) is 4. The molecule has 1 aliphatic heterocycles. The van der Waals surface area contributed by atoms with Crippen molar-refractivity contribution in [3.63, 3.8) is 0 Å². The first-order chi connectivity index (χ1) is 5.83. The first kappa shape index (κ1) is 7.57. The molecular formula is C6H2ClN3OS. The van der Waals surface area contributed by atoms with Crippen molar-refractivity contribution in [2.24, 2.45) is 15.4 Å². The average Bonchev–Trinajstić information content (AvgIpc) is 2.53. The molecule has 4 nitrogen and oxygen atoms in total. The zero-order chi connectivity index (χ0) is 8.55. The number of fused-ring (bicyclic) bond motifs is 1. The van der Waals surface area contributed by atoms with Crippen molar-refractivity contribution in [1.29, 1.82) is 0 Å². The number of rotatable bonds is 0. The summed E-state index contributed by atoms with van der Waals surface area (Å²) in [6.07, 6.45) is 3.28. The van der Waals surface area contributed by atoms with Crippen molar-refractivity contribution in [1.82, 2.24) is 0 Å². The van der Waals surface area contributed by atoms with E-state index in [-0.39, 0.29) is 0 Å². The second-order valence-corrected chi connectivity index (χ2v) is 3.10. The maximum absolute atomic E-state index is 10.5. The second-order valence-electron chi connectivity index (χ2n) is 2.12. The highest BCUT2D eigenvalue weighted by Gasteiger charge is 2.20. The third-order valence-corrected chi connectivity index (χ3v) is 2.46. The molecule has 6 heteroatoms. The Kier molecular flexibility index (Phi) is 1.74. The lowest BCUT2D eigenvalue weighted by Crippen LogP contribution is -2.08. The lowest BCUT2D eigenvalue weighted by atomic mass is 10.1. The summed E-state index contributed by atoms with van der Waals surface area (Å²) in [6.45, 7) is 0. The Balaban J connectivity index is 2.64. The smallest absolute Gasteiger partial charge is 0.135 e. The molecule has 0 N–H and O–H groups in total. The van der Waals surface area contributed by atoms with Crippen molar-refractivity contribution in [2.75, 3.05) is 0 Å². The summed E-state index contributed by atoms with van der Waals surface area (Å²) in [5, 5.41) is 11.2. The van der Waals surface area contributed by atoms with Crippen molar-refractivity contribution < 1.29 is 4.21 Å². The van der Waals surface area contributed by atoms with Gasteiger partial charge in [-0.3, -0.25) is 0 Å². The fourth-order valence-electron chi connectivity index (χ4n) is 0.891. The number of allylic oxidation sites excluding steroid dienone is 3. The van der Waals surface area contributed by atoms with Crippen molar-refractivity contribution in [2.45, 2.75) is 0 Å². The van der Waals surface area contributed by atoms with E-state index in [2.05, 4.69) is 15.4 Å². The van der Waals surface area contributed by atoms with Gasteiger partial charge in [-0.2, -0.15) is 0 Å². The van der Waals surface area contributed by atoms with Crippen LogP contribution in [0.3, 0.4) is 0 Å². The van der Waals surface area contributed by atoms with E-state index in [0.29, 0.717) is 32.6 Å². The Morgan fingerprint density at radius 3 is 3.00 bits per heavy atom. The van der Waals surface area contributed by atoms with Crippen molar-refractivity contribution in [3.8, 4) is 0 Å². The lowest BCUT2D eigenvalue weighted by Gasteiger charge is -2.03. The van der Waals surface area contributed by atoms with E-state index in [4.69, 9.17) is 11.6 Å². The molecule has 0 radical (unpaired) electrons. The van der Waals surface area contributed by atoms with E-state index in [1.165, 1.54) is 0 Å². The average molecular weight is 200 g/mol. The van der Waals surface area contributed by atoms with Gasteiger partial charge < -0.3 is 0 Å². The standard InChI is InChI=1S/C6H2ClN3OS/c7-5-4(12-11)2-1-3-6(5)9-10-8-3/h1-2H. The molecule has 0 saturated carbocycles. The van der Waals surface area contributed by atoms with Gasteiger partial charge in [0.15, 0.2) is 0 Å². The van der Waals surface area contributed by atoms with Gasteiger partial charge in [-0.15, -0.1) is 10.2 Å². The van der Waals surface area contributed by atoms with Crippen LogP contribution in [0.1, 0.15) is 0 Å². The van der Waals surface area contributed by atoms with Gasteiger partial charge in [0, 0.05) is 0 Å². The van der Waals surface area contributed by atoms with Gasteiger partial charge >= 0.3 is 0 Å². The number of halogens is 1. The second kappa shape index (κ2) is 2.76. The molecule has 0 unspecified atom stereocenters. The molecule has 0 fully saturated rings. The van der Waals surface area contributed by atoms with Crippen LogP contribution in [0.2, 0.25) is 0 Å². The first-order valence-electron chi connectivity index (χ1n) is 3.07. The van der Waals surface area contributed by atoms with E-state index >= 15 is 0 Å². The molecule has 1 aliphatic carbocycles. The van der Waals surface area contributed by atoms with E-state index in [1.54, 1.807) is 12.2 Å². The monoisotopic (exact) mass is 199 g/mol. The molecule has 2 rings (SSSR count). The van der Waals surface area contributed by atoms with Crippen molar-refractivity contribution >= 4 is 33.4 Å². The zero-order valence-corrected chi connectivity index (χ0v) is 7.26.